The Hall–Kier alpha value is -0.160. The number of ether oxygens (including phenoxy) is 2. The largest absolute Gasteiger partial charge is 0.349 e. The summed E-state index contributed by atoms with van der Waals surface area (Å²) >= 11 is 0. The molecule has 2 rings (SSSR count). The molecule has 1 N–H and O–H groups in total. The lowest BCUT2D eigenvalue weighted by Crippen LogP contribution is -2.72. The van der Waals surface area contributed by atoms with Gasteiger partial charge >= 0.3 is 0 Å². The zero-order chi connectivity index (χ0) is 14.3. The summed E-state index contributed by atoms with van der Waals surface area (Å²) in [5.41, 5.74) is -0.616. The molecule has 19 heavy (non-hydrogen) atoms. The summed E-state index contributed by atoms with van der Waals surface area (Å²) in [7, 11) is 0. The third-order valence-corrected chi connectivity index (χ3v) is 5.67. The highest BCUT2D eigenvalue weighted by Gasteiger charge is 2.61. The Kier molecular flexibility index (Phi) is 4.00. The van der Waals surface area contributed by atoms with E-state index in [1.807, 2.05) is 0 Å². The molecule has 0 aromatic rings. The molecule has 0 amide bonds. The van der Waals surface area contributed by atoms with Gasteiger partial charge in [0.1, 0.15) is 0 Å². The van der Waals surface area contributed by atoms with E-state index in [9.17, 15) is 5.21 Å². The van der Waals surface area contributed by atoms with Crippen molar-refractivity contribution >= 4 is 0 Å². The van der Waals surface area contributed by atoms with E-state index in [1.54, 1.807) is 5.06 Å². The predicted molar refractivity (Wildman–Crippen MR) is 74.1 cm³/mol. The first kappa shape index (κ1) is 15.2. The van der Waals surface area contributed by atoms with Gasteiger partial charge in [0, 0.05) is 17.9 Å². The number of hydroxylamine groups is 2. The van der Waals surface area contributed by atoms with Crippen LogP contribution in [0.1, 0.15) is 60.3 Å². The summed E-state index contributed by atoms with van der Waals surface area (Å²) in [5.74, 6) is -0.401. The van der Waals surface area contributed by atoms with Crippen LogP contribution in [0.3, 0.4) is 0 Å². The van der Waals surface area contributed by atoms with E-state index in [-0.39, 0.29) is 17.0 Å². The molecule has 3 atom stereocenters. The van der Waals surface area contributed by atoms with E-state index >= 15 is 0 Å². The molecule has 0 aromatic heterocycles. The molecule has 0 aromatic carbocycles. The molecular weight excluding hydrogens is 242 g/mol. The average molecular weight is 271 g/mol. The summed E-state index contributed by atoms with van der Waals surface area (Å²) in [6, 6.07) is 0. The third-order valence-electron chi connectivity index (χ3n) is 5.67. The topological polar surface area (TPSA) is 41.9 Å². The minimum absolute atomic E-state index is 0.134. The smallest absolute Gasteiger partial charge is 0.174 e. The van der Waals surface area contributed by atoms with Gasteiger partial charge in [0.05, 0.1) is 18.8 Å². The van der Waals surface area contributed by atoms with Crippen molar-refractivity contribution in [2.24, 2.45) is 5.92 Å². The van der Waals surface area contributed by atoms with Crippen molar-refractivity contribution in [3.63, 3.8) is 0 Å². The summed E-state index contributed by atoms with van der Waals surface area (Å²) < 4.78 is 12.2. The molecule has 2 aliphatic rings. The van der Waals surface area contributed by atoms with Gasteiger partial charge in [0.2, 0.25) is 0 Å². The van der Waals surface area contributed by atoms with Crippen LogP contribution in [0, 0.1) is 5.92 Å². The van der Waals surface area contributed by atoms with Crippen LogP contribution in [0.5, 0.6) is 0 Å². The van der Waals surface area contributed by atoms with E-state index in [2.05, 4.69) is 34.6 Å². The third kappa shape index (κ3) is 2.13. The first-order chi connectivity index (χ1) is 8.84. The van der Waals surface area contributed by atoms with Crippen LogP contribution in [0.2, 0.25) is 0 Å². The Balaban J connectivity index is 2.41. The SMILES string of the molecule is CCC1(C)CC2(OCCCO2)C(C)C(C)(CC)N1O. The van der Waals surface area contributed by atoms with Crippen LogP contribution in [0.4, 0.5) is 0 Å². The molecule has 112 valence electrons. The molecule has 2 saturated heterocycles. The maximum atomic E-state index is 10.8. The van der Waals surface area contributed by atoms with Gasteiger partial charge in [-0.1, -0.05) is 20.8 Å². The fourth-order valence-electron chi connectivity index (χ4n) is 3.71. The fourth-order valence-corrected chi connectivity index (χ4v) is 3.71. The van der Waals surface area contributed by atoms with E-state index in [0.717, 1.165) is 38.9 Å². The van der Waals surface area contributed by atoms with Crippen LogP contribution < -0.4 is 0 Å². The highest BCUT2D eigenvalue weighted by atomic mass is 16.7. The first-order valence-electron chi connectivity index (χ1n) is 7.62. The van der Waals surface area contributed by atoms with E-state index < -0.39 is 5.79 Å². The van der Waals surface area contributed by atoms with Crippen molar-refractivity contribution in [1.29, 1.82) is 0 Å². The normalized spacial score (nSPS) is 43.6. The fraction of sp³-hybridized carbons (Fsp3) is 1.00. The number of hydrogen-bond acceptors (Lipinski definition) is 4. The summed E-state index contributed by atoms with van der Waals surface area (Å²) in [5, 5.41) is 12.3. The Morgan fingerprint density at radius 2 is 1.74 bits per heavy atom. The lowest BCUT2D eigenvalue weighted by Gasteiger charge is -2.62. The van der Waals surface area contributed by atoms with Crippen molar-refractivity contribution in [2.45, 2.75) is 77.2 Å². The standard InChI is InChI=1S/C15H29NO3/c1-6-13(4)11-15(18-9-8-10-19-15)12(3)14(5,7-2)16(13)17/h12,17H,6-11H2,1-5H3. The second-order valence-corrected chi connectivity index (χ2v) is 6.63. The maximum absolute atomic E-state index is 10.8. The number of rotatable bonds is 2. The van der Waals surface area contributed by atoms with Gasteiger partial charge in [-0.3, -0.25) is 0 Å². The molecule has 2 heterocycles. The van der Waals surface area contributed by atoms with Gasteiger partial charge in [-0.05, 0) is 33.1 Å². The Labute approximate surface area is 117 Å². The van der Waals surface area contributed by atoms with Gasteiger partial charge in [-0.25, -0.2) is 0 Å². The monoisotopic (exact) mass is 271 g/mol. The molecule has 0 aliphatic carbocycles. The van der Waals surface area contributed by atoms with Crippen LogP contribution in [-0.2, 0) is 9.47 Å². The molecule has 4 heteroatoms. The van der Waals surface area contributed by atoms with Crippen molar-refractivity contribution in [2.75, 3.05) is 13.2 Å². The highest BCUT2D eigenvalue weighted by molar-refractivity contribution is 5.07. The second kappa shape index (κ2) is 4.99. The van der Waals surface area contributed by atoms with Crippen LogP contribution in [0.15, 0.2) is 0 Å². The van der Waals surface area contributed by atoms with Gasteiger partial charge in [-0.15, -0.1) is 0 Å². The zero-order valence-electron chi connectivity index (χ0n) is 13.0. The Morgan fingerprint density at radius 3 is 2.21 bits per heavy atom. The Bertz CT molecular complexity index is 329. The van der Waals surface area contributed by atoms with Crippen molar-refractivity contribution in [3.05, 3.63) is 0 Å². The zero-order valence-corrected chi connectivity index (χ0v) is 13.0. The quantitative estimate of drug-likeness (QED) is 0.837. The highest BCUT2D eigenvalue weighted by Crippen LogP contribution is 2.51. The average Bonchev–Trinajstić information content (AvgIpc) is 2.44. The molecule has 3 unspecified atom stereocenters. The molecule has 0 bridgehead atoms. The van der Waals surface area contributed by atoms with Crippen molar-refractivity contribution < 1.29 is 14.7 Å². The summed E-state index contributed by atoms with van der Waals surface area (Å²) in [4.78, 5) is 0. The van der Waals surface area contributed by atoms with Gasteiger partial charge in [0.25, 0.3) is 0 Å². The van der Waals surface area contributed by atoms with Crippen molar-refractivity contribution in [1.82, 2.24) is 5.06 Å². The molecule has 0 radical (unpaired) electrons. The lowest BCUT2D eigenvalue weighted by atomic mass is 9.67. The number of piperidine rings is 1. The van der Waals surface area contributed by atoms with Crippen LogP contribution in [0.25, 0.3) is 0 Å². The minimum Gasteiger partial charge on any atom is -0.349 e. The van der Waals surface area contributed by atoms with E-state index in [0.29, 0.717) is 0 Å². The minimum atomic E-state index is -0.535. The number of hydrogen-bond donors (Lipinski definition) is 1. The van der Waals surface area contributed by atoms with Crippen molar-refractivity contribution in [3.8, 4) is 0 Å². The summed E-state index contributed by atoms with van der Waals surface area (Å²) in [6.45, 7) is 12.1. The van der Waals surface area contributed by atoms with Crippen LogP contribution >= 0.6 is 0 Å². The summed E-state index contributed by atoms with van der Waals surface area (Å²) in [6.07, 6.45) is 3.43. The molecule has 0 saturated carbocycles. The van der Waals surface area contributed by atoms with E-state index in [4.69, 9.17) is 9.47 Å². The molecule has 2 aliphatic heterocycles. The predicted octanol–water partition coefficient (Wildman–Crippen LogP) is 3.19. The Morgan fingerprint density at radius 1 is 1.16 bits per heavy atom. The number of nitrogens with zero attached hydrogens (tertiary/aromatic N) is 1. The molecule has 4 nitrogen and oxygen atoms in total. The molecule has 2 fully saturated rings. The van der Waals surface area contributed by atoms with E-state index in [1.165, 1.54) is 0 Å². The first-order valence-corrected chi connectivity index (χ1v) is 7.62. The lowest BCUT2D eigenvalue weighted by molar-refractivity contribution is -0.386. The second-order valence-electron chi connectivity index (χ2n) is 6.63. The maximum Gasteiger partial charge on any atom is 0.174 e. The van der Waals surface area contributed by atoms with Gasteiger partial charge in [-0.2, -0.15) is 5.06 Å². The van der Waals surface area contributed by atoms with Gasteiger partial charge < -0.3 is 14.7 Å². The molecular formula is C15H29NO3. The van der Waals surface area contributed by atoms with Gasteiger partial charge in [0.15, 0.2) is 5.79 Å². The van der Waals surface area contributed by atoms with Crippen LogP contribution in [-0.4, -0.2) is 40.3 Å². The molecule has 1 spiro atoms.